The van der Waals surface area contributed by atoms with Gasteiger partial charge in [0.25, 0.3) is 5.78 Å². The first-order valence-electron chi connectivity index (χ1n) is 15.8. The van der Waals surface area contributed by atoms with Gasteiger partial charge in [0.05, 0.1) is 31.4 Å². The minimum atomic E-state index is -1.01. The van der Waals surface area contributed by atoms with E-state index in [2.05, 4.69) is 24.0 Å². The third-order valence-electron chi connectivity index (χ3n) is 7.49. The summed E-state index contributed by atoms with van der Waals surface area (Å²) in [6.07, 6.45) is 1.71. The fourth-order valence-corrected chi connectivity index (χ4v) is 7.18. The Balaban J connectivity index is 1.55. The van der Waals surface area contributed by atoms with Gasteiger partial charge in [-0.2, -0.15) is 0 Å². The average molecular weight is 708 g/mol. The third kappa shape index (κ3) is 8.14. The van der Waals surface area contributed by atoms with Gasteiger partial charge in [-0.3, -0.25) is 14.5 Å². The molecule has 1 aromatic heterocycles. The van der Waals surface area contributed by atoms with Gasteiger partial charge < -0.3 is 19.3 Å². The summed E-state index contributed by atoms with van der Waals surface area (Å²) in [6.45, 7) is 9.56. The average Bonchev–Trinajstić information content (AvgIpc) is 3.65. The molecule has 12 heteroatoms. The van der Waals surface area contributed by atoms with Gasteiger partial charge in [-0.25, -0.2) is 0 Å². The molecule has 48 heavy (non-hydrogen) atoms. The van der Waals surface area contributed by atoms with Crippen LogP contribution in [0.3, 0.4) is 0 Å². The van der Waals surface area contributed by atoms with Crippen LogP contribution in [0, 0.1) is 5.92 Å². The molecule has 0 spiro atoms. The Morgan fingerprint density at radius 3 is 2.46 bits per heavy atom. The molecular weight excluding hydrogens is 670 g/mol. The summed E-state index contributed by atoms with van der Waals surface area (Å²) < 4.78 is 18.3. The summed E-state index contributed by atoms with van der Waals surface area (Å²) in [5.41, 5.74) is 1.78. The molecule has 4 aromatic rings. The lowest BCUT2D eigenvalue weighted by atomic mass is 9.95. The quantitative estimate of drug-likeness (QED) is 0.0426. The number of aliphatic hydroxyl groups is 1. The highest BCUT2D eigenvalue weighted by Gasteiger charge is 2.48. The summed E-state index contributed by atoms with van der Waals surface area (Å²) in [5.74, 6) is 0.700. The highest BCUT2D eigenvalue weighted by Crippen LogP contribution is 2.46. The summed E-state index contributed by atoms with van der Waals surface area (Å²) in [7, 11) is 0. The Hall–Kier alpha value is -4.06. The summed E-state index contributed by atoms with van der Waals surface area (Å²) in [5, 5.41) is 21.1. The van der Waals surface area contributed by atoms with Gasteiger partial charge in [-0.05, 0) is 79.3 Å². The lowest BCUT2D eigenvalue weighted by Crippen LogP contribution is -2.29. The van der Waals surface area contributed by atoms with Gasteiger partial charge in [-0.15, -0.1) is 10.2 Å². The van der Waals surface area contributed by atoms with Crippen LogP contribution in [0.15, 0.2) is 76.6 Å². The molecule has 1 atom stereocenters. The summed E-state index contributed by atoms with van der Waals surface area (Å²) in [4.78, 5) is 28.9. The van der Waals surface area contributed by atoms with E-state index in [1.807, 2.05) is 38.1 Å². The zero-order valence-corrected chi connectivity index (χ0v) is 29.7. The molecule has 9 nitrogen and oxygen atoms in total. The van der Waals surface area contributed by atoms with Crippen LogP contribution < -0.4 is 19.1 Å². The Labute approximate surface area is 293 Å². The van der Waals surface area contributed by atoms with Gasteiger partial charge in [0.1, 0.15) is 11.5 Å². The number of anilines is 1. The molecule has 252 valence electrons. The molecule has 0 saturated carbocycles. The van der Waals surface area contributed by atoms with E-state index in [9.17, 15) is 14.7 Å². The fourth-order valence-electron chi connectivity index (χ4n) is 5.03. The molecule has 1 aliphatic heterocycles. The Bertz CT molecular complexity index is 1780. The van der Waals surface area contributed by atoms with E-state index in [1.54, 1.807) is 42.5 Å². The van der Waals surface area contributed by atoms with Crippen LogP contribution in [0.2, 0.25) is 5.02 Å². The van der Waals surface area contributed by atoms with E-state index in [0.29, 0.717) is 69.2 Å². The monoisotopic (exact) mass is 707 g/mol. The van der Waals surface area contributed by atoms with Crippen LogP contribution in [0.1, 0.15) is 63.3 Å². The molecule has 5 rings (SSSR count). The van der Waals surface area contributed by atoms with Crippen LogP contribution in [-0.4, -0.2) is 46.8 Å². The van der Waals surface area contributed by atoms with Crippen molar-refractivity contribution >= 4 is 57.3 Å². The van der Waals surface area contributed by atoms with Gasteiger partial charge in [0, 0.05) is 16.3 Å². The first-order chi connectivity index (χ1) is 23.2. The van der Waals surface area contributed by atoms with Crippen molar-refractivity contribution in [1.82, 2.24) is 10.2 Å². The first-order valence-corrected chi connectivity index (χ1v) is 18.0. The maximum Gasteiger partial charge on any atom is 0.301 e. The van der Waals surface area contributed by atoms with E-state index < -0.39 is 17.7 Å². The number of aliphatic hydroxyl groups excluding tert-OH is 1. The van der Waals surface area contributed by atoms with E-state index >= 15 is 0 Å². The molecule has 3 aromatic carbocycles. The van der Waals surface area contributed by atoms with Gasteiger partial charge in [0.2, 0.25) is 5.13 Å². The number of Topliss-reactive ketones (excluding diaryl/α,β-unsaturated/α-hetero) is 1. The zero-order chi connectivity index (χ0) is 34.2. The molecule has 0 bridgehead atoms. The van der Waals surface area contributed by atoms with Crippen molar-refractivity contribution in [2.75, 3.05) is 24.7 Å². The number of thioether (sulfide) groups is 1. The van der Waals surface area contributed by atoms with Crippen molar-refractivity contribution in [3.63, 3.8) is 0 Å². The number of benzene rings is 3. The molecule has 1 amide bonds. The topological polar surface area (TPSA) is 111 Å². The summed E-state index contributed by atoms with van der Waals surface area (Å²) >= 11 is 8.95. The van der Waals surface area contributed by atoms with Crippen LogP contribution in [0.4, 0.5) is 5.13 Å². The highest BCUT2D eigenvalue weighted by atomic mass is 35.5. The Kier molecular flexibility index (Phi) is 12.0. The van der Waals surface area contributed by atoms with Crippen molar-refractivity contribution in [2.24, 2.45) is 5.92 Å². The molecule has 1 saturated heterocycles. The van der Waals surface area contributed by atoms with E-state index in [4.69, 9.17) is 25.8 Å². The second-order valence-electron chi connectivity index (χ2n) is 11.4. The lowest BCUT2D eigenvalue weighted by Gasteiger charge is -2.24. The molecule has 1 fully saturated rings. The summed E-state index contributed by atoms with van der Waals surface area (Å²) in [6, 6.07) is 18.6. The van der Waals surface area contributed by atoms with Crippen molar-refractivity contribution in [2.45, 2.75) is 56.7 Å². The number of halogens is 1. The number of carbonyl (C=O) groups excluding carboxylic acids is 2. The Morgan fingerprint density at radius 2 is 1.75 bits per heavy atom. The molecular formula is C36H38ClN3O6S2. The predicted molar refractivity (Wildman–Crippen MR) is 190 cm³/mol. The number of rotatable bonds is 15. The largest absolute Gasteiger partial charge is 0.507 e. The molecule has 2 heterocycles. The predicted octanol–water partition coefficient (Wildman–Crippen LogP) is 8.72. The number of ether oxygens (including phenoxy) is 3. The minimum Gasteiger partial charge on any atom is -0.507 e. The van der Waals surface area contributed by atoms with E-state index in [1.165, 1.54) is 28.0 Å². The van der Waals surface area contributed by atoms with Crippen LogP contribution in [-0.2, 0) is 15.3 Å². The standard InChI is InChI=1S/C36H38ClN3O6S2/c1-5-18-45-26-14-11-23(12-15-26)32(41)30-31(24-13-16-28(29(20-24)44-6-2)46-19-17-22(3)4)40(34(43)33(30)42)35-38-39-36(48-35)47-21-25-9-7-8-10-27(25)37/h7-16,20,22,31,41H,5-6,17-19,21H2,1-4H3. The van der Waals surface area contributed by atoms with E-state index in [0.717, 1.165) is 18.4 Å². The minimum absolute atomic E-state index is 0.0707. The third-order valence-corrected chi connectivity index (χ3v) is 9.97. The van der Waals surface area contributed by atoms with Crippen LogP contribution in [0.25, 0.3) is 5.76 Å². The number of hydrogen-bond donors (Lipinski definition) is 1. The van der Waals surface area contributed by atoms with Crippen molar-refractivity contribution in [1.29, 1.82) is 0 Å². The molecule has 0 aliphatic carbocycles. The Morgan fingerprint density at radius 1 is 0.979 bits per heavy atom. The molecule has 1 N–H and O–H groups in total. The van der Waals surface area contributed by atoms with Gasteiger partial charge >= 0.3 is 5.91 Å². The van der Waals surface area contributed by atoms with Gasteiger partial charge in [-0.1, -0.05) is 79.7 Å². The number of aromatic nitrogens is 2. The van der Waals surface area contributed by atoms with Crippen LogP contribution >= 0.6 is 34.7 Å². The molecule has 1 aliphatic rings. The number of nitrogens with zero attached hydrogens (tertiary/aromatic N) is 3. The maximum absolute atomic E-state index is 13.8. The molecule has 0 radical (unpaired) electrons. The first kappa shape index (κ1) is 35.3. The number of ketones is 1. The van der Waals surface area contributed by atoms with Crippen LogP contribution in [0.5, 0.6) is 17.2 Å². The lowest BCUT2D eigenvalue weighted by molar-refractivity contribution is -0.132. The van der Waals surface area contributed by atoms with Crippen molar-refractivity contribution in [3.05, 3.63) is 94.0 Å². The van der Waals surface area contributed by atoms with Crippen molar-refractivity contribution in [3.8, 4) is 17.2 Å². The van der Waals surface area contributed by atoms with Gasteiger partial charge in [0.15, 0.2) is 15.8 Å². The number of amides is 1. The second kappa shape index (κ2) is 16.4. The number of carbonyl (C=O) groups is 2. The van der Waals surface area contributed by atoms with Crippen molar-refractivity contribution < 1.29 is 28.9 Å². The maximum atomic E-state index is 13.8. The SMILES string of the molecule is CCCOc1ccc(C(O)=C2C(=O)C(=O)N(c3nnc(SCc4ccccc4Cl)s3)C2c2ccc(OCCC(C)C)c(OCC)c2)cc1. The highest BCUT2D eigenvalue weighted by molar-refractivity contribution is 8.00. The number of hydrogen-bond acceptors (Lipinski definition) is 10. The second-order valence-corrected chi connectivity index (χ2v) is 14.0. The smallest absolute Gasteiger partial charge is 0.301 e. The van der Waals surface area contributed by atoms with E-state index in [-0.39, 0.29) is 16.5 Å². The normalized spacial score (nSPS) is 15.7. The fraction of sp³-hybridized carbons (Fsp3) is 0.333. The zero-order valence-electron chi connectivity index (χ0n) is 27.3. The molecule has 1 unspecified atom stereocenters.